The predicted octanol–water partition coefficient (Wildman–Crippen LogP) is 14.6. The van der Waals surface area contributed by atoms with Gasteiger partial charge in [0.1, 0.15) is 5.41 Å². The molecule has 0 atom stereocenters. The largest absolute Gasteiger partial charge is 0.402 e. The molecule has 262 valence electrons. The summed E-state index contributed by atoms with van der Waals surface area (Å²) >= 11 is 0. The molecule has 54 heavy (non-hydrogen) atoms. The summed E-state index contributed by atoms with van der Waals surface area (Å²) in [6.07, 6.45) is -4.54. The van der Waals surface area contributed by atoms with E-state index in [4.69, 9.17) is 0 Å². The highest BCUT2D eigenvalue weighted by Gasteiger charge is 2.53. The maximum Gasteiger partial charge on any atom is 0.402 e. The second-order valence-corrected chi connectivity index (χ2v) is 13.8. The van der Waals surface area contributed by atoms with Crippen LogP contribution in [-0.2, 0) is 5.41 Å². The Labute approximate surface area is 314 Å². The smallest absolute Gasteiger partial charge is 0.170 e. The molecule has 0 nitrogen and oxygen atoms in total. The van der Waals surface area contributed by atoms with Crippen molar-refractivity contribution in [2.24, 2.45) is 0 Å². The molecule has 0 spiro atoms. The third-order valence-corrected chi connectivity index (χ3v) is 10.5. The minimum atomic E-state index is -4.54. The fourth-order valence-electron chi connectivity index (χ4n) is 7.26. The first-order chi connectivity index (χ1) is 26.3. The molecule has 0 aliphatic heterocycles. The van der Waals surface area contributed by atoms with Crippen molar-refractivity contribution in [1.82, 2.24) is 0 Å². The minimum Gasteiger partial charge on any atom is -0.170 e. The molecule has 8 rings (SSSR count). The van der Waals surface area contributed by atoms with Gasteiger partial charge in [0.2, 0.25) is 0 Å². The zero-order chi connectivity index (χ0) is 37.1. The first kappa shape index (κ1) is 34.6. The average molecular weight is 707 g/mol. The monoisotopic (exact) mass is 706 g/mol. The molecule has 0 saturated heterocycles. The van der Waals surface area contributed by atoms with E-state index in [0.29, 0.717) is 0 Å². The van der Waals surface area contributed by atoms with Crippen LogP contribution >= 0.6 is 0 Å². The van der Waals surface area contributed by atoms with Gasteiger partial charge in [-0.05, 0) is 121 Å². The van der Waals surface area contributed by atoms with Crippen LogP contribution in [0.5, 0.6) is 0 Å². The van der Waals surface area contributed by atoms with Gasteiger partial charge in [-0.1, -0.05) is 170 Å². The first-order valence-corrected chi connectivity index (χ1v) is 18.1. The first-order valence-electron chi connectivity index (χ1n) is 18.1. The molecule has 0 N–H and O–H groups in total. The fourth-order valence-corrected chi connectivity index (χ4v) is 7.26. The van der Waals surface area contributed by atoms with Gasteiger partial charge in [0.25, 0.3) is 0 Å². The normalized spacial score (nSPS) is 11.7. The van der Waals surface area contributed by atoms with Crippen LogP contribution in [0.4, 0.5) is 13.2 Å². The van der Waals surface area contributed by atoms with Crippen LogP contribution in [0.1, 0.15) is 18.1 Å². The molecule has 0 heterocycles. The molecule has 0 radical (unpaired) electrons. The Bertz CT molecular complexity index is 2200. The molecule has 0 fully saturated rings. The van der Waals surface area contributed by atoms with Crippen molar-refractivity contribution in [3.8, 4) is 66.8 Å². The van der Waals surface area contributed by atoms with Crippen LogP contribution in [0.15, 0.2) is 206 Å². The third-order valence-electron chi connectivity index (χ3n) is 10.5. The standard InChI is InChI=1S/C51H37F3/c1-50(51(52,53)54,48-26-22-40(23-27-48)46-32-42(36-14-6-2-7-15-36)30-43(33-46)37-16-8-3-9-17-37)49-28-24-41(25-29-49)47-34-44(38-18-10-4-11-19-38)31-45(35-47)39-20-12-5-13-21-39/h2-35H,1H3. The van der Waals surface area contributed by atoms with Crippen LogP contribution in [0, 0.1) is 0 Å². The van der Waals surface area contributed by atoms with E-state index >= 15 is 13.2 Å². The van der Waals surface area contributed by atoms with Crippen molar-refractivity contribution in [3.63, 3.8) is 0 Å². The lowest BCUT2D eigenvalue weighted by Gasteiger charge is -2.33. The minimum absolute atomic E-state index is 0.187. The molecule has 0 saturated carbocycles. The summed E-state index contributed by atoms with van der Waals surface area (Å²) in [5, 5.41) is 0. The van der Waals surface area contributed by atoms with Crippen LogP contribution in [-0.4, -0.2) is 6.18 Å². The number of halogens is 3. The Hall–Kier alpha value is -6.45. The van der Waals surface area contributed by atoms with Crippen LogP contribution < -0.4 is 0 Å². The van der Waals surface area contributed by atoms with Crippen molar-refractivity contribution in [3.05, 3.63) is 217 Å². The van der Waals surface area contributed by atoms with E-state index in [0.717, 1.165) is 66.8 Å². The van der Waals surface area contributed by atoms with Crippen LogP contribution in [0.2, 0.25) is 0 Å². The van der Waals surface area contributed by atoms with Gasteiger partial charge >= 0.3 is 6.18 Å². The number of hydrogen-bond acceptors (Lipinski definition) is 0. The topological polar surface area (TPSA) is 0 Å². The summed E-state index contributed by atoms with van der Waals surface area (Å²) in [7, 11) is 0. The summed E-state index contributed by atoms with van der Waals surface area (Å²) in [4.78, 5) is 0. The molecule has 3 heteroatoms. The van der Waals surface area contributed by atoms with Gasteiger partial charge in [-0.2, -0.15) is 13.2 Å². The second kappa shape index (κ2) is 14.5. The molecule has 0 bridgehead atoms. The van der Waals surface area contributed by atoms with Crippen molar-refractivity contribution in [2.75, 3.05) is 0 Å². The highest BCUT2D eigenvalue weighted by Crippen LogP contribution is 2.47. The maximum atomic E-state index is 15.3. The summed E-state index contributed by atoms with van der Waals surface area (Å²) in [6, 6.07) is 67.1. The van der Waals surface area contributed by atoms with Gasteiger partial charge in [0.05, 0.1) is 0 Å². The highest BCUT2D eigenvalue weighted by molar-refractivity contribution is 5.83. The Kier molecular flexibility index (Phi) is 9.31. The van der Waals surface area contributed by atoms with Crippen molar-refractivity contribution in [1.29, 1.82) is 0 Å². The molecule has 0 aliphatic carbocycles. The number of benzene rings is 8. The third kappa shape index (κ3) is 6.89. The average Bonchev–Trinajstić information content (AvgIpc) is 3.24. The molecular weight excluding hydrogens is 670 g/mol. The van der Waals surface area contributed by atoms with E-state index in [1.165, 1.54) is 6.92 Å². The Morgan fingerprint density at radius 3 is 0.667 bits per heavy atom. The molecule has 8 aromatic rings. The summed E-state index contributed by atoms with van der Waals surface area (Å²) in [5.41, 5.74) is 10.2. The fraction of sp³-hybridized carbons (Fsp3) is 0.0588. The van der Waals surface area contributed by atoms with Crippen molar-refractivity contribution in [2.45, 2.75) is 18.5 Å². The van der Waals surface area contributed by atoms with E-state index in [9.17, 15) is 0 Å². The van der Waals surface area contributed by atoms with Gasteiger partial charge < -0.3 is 0 Å². The van der Waals surface area contributed by atoms with E-state index < -0.39 is 11.6 Å². The lowest BCUT2D eigenvalue weighted by atomic mass is 9.75. The number of alkyl halides is 3. The maximum absolute atomic E-state index is 15.3. The predicted molar refractivity (Wildman–Crippen MR) is 218 cm³/mol. The Morgan fingerprint density at radius 1 is 0.259 bits per heavy atom. The number of rotatable bonds is 8. The molecule has 0 amide bonds. The highest BCUT2D eigenvalue weighted by atomic mass is 19.4. The molecule has 0 unspecified atom stereocenters. The van der Waals surface area contributed by atoms with Gasteiger partial charge in [0, 0.05) is 0 Å². The molecule has 8 aromatic carbocycles. The zero-order valence-electron chi connectivity index (χ0n) is 29.8. The SMILES string of the molecule is CC(c1ccc(-c2cc(-c3ccccc3)cc(-c3ccccc3)c2)cc1)(c1ccc(-c2cc(-c3ccccc3)cc(-c3ccccc3)c2)cc1)C(F)(F)F. The van der Waals surface area contributed by atoms with E-state index in [2.05, 4.69) is 84.9 Å². The van der Waals surface area contributed by atoms with E-state index in [1.807, 2.05) is 97.1 Å². The Morgan fingerprint density at radius 2 is 0.463 bits per heavy atom. The number of hydrogen-bond donors (Lipinski definition) is 0. The Balaban J connectivity index is 1.16. The summed E-state index contributed by atoms with van der Waals surface area (Å²) in [6.45, 7) is 1.28. The lowest BCUT2D eigenvalue weighted by Crippen LogP contribution is -2.40. The quantitative estimate of drug-likeness (QED) is 0.148. The summed E-state index contributed by atoms with van der Waals surface area (Å²) in [5.74, 6) is 0. The van der Waals surface area contributed by atoms with Gasteiger partial charge in [-0.25, -0.2) is 0 Å². The van der Waals surface area contributed by atoms with E-state index in [-0.39, 0.29) is 11.1 Å². The van der Waals surface area contributed by atoms with Crippen molar-refractivity contribution < 1.29 is 13.2 Å². The van der Waals surface area contributed by atoms with Crippen molar-refractivity contribution >= 4 is 0 Å². The van der Waals surface area contributed by atoms with Crippen LogP contribution in [0.3, 0.4) is 0 Å². The summed E-state index contributed by atoms with van der Waals surface area (Å²) < 4.78 is 45.9. The lowest BCUT2D eigenvalue weighted by molar-refractivity contribution is -0.173. The zero-order valence-corrected chi connectivity index (χ0v) is 29.8. The molecule has 0 aromatic heterocycles. The van der Waals surface area contributed by atoms with E-state index in [1.54, 1.807) is 24.3 Å². The second-order valence-electron chi connectivity index (χ2n) is 13.8. The van der Waals surface area contributed by atoms with Crippen LogP contribution in [0.25, 0.3) is 66.8 Å². The van der Waals surface area contributed by atoms with Gasteiger partial charge in [0.15, 0.2) is 0 Å². The van der Waals surface area contributed by atoms with Gasteiger partial charge in [-0.3, -0.25) is 0 Å². The molecule has 0 aliphatic rings. The van der Waals surface area contributed by atoms with Gasteiger partial charge in [-0.15, -0.1) is 0 Å². The molecular formula is C51H37F3.